The molecular weight excluding hydrogens is 300 g/mol. The largest absolute Gasteiger partial charge is 0.478 e. The summed E-state index contributed by atoms with van der Waals surface area (Å²) >= 11 is 1.74. The number of carboxylic acids is 1. The van der Waals surface area contributed by atoms with Crippen LogP contribution in [0.1, 0.15) is 36.7 Å². The fourth-order valence-electron chi connectivity index (χ4n) is 1.94. The predicted octanol–water partition coefficient (Wildman–Crippen LogP) is 2.96. The second kappa shape index (κ2) is 8.08. The van der Waals surface area contributed by atoms with Crippen molar-refractivity contribution in [3.05, 3.63) is 35.4 Å². The molecule has 0 aliphatic rings. The number of hydrogen-bond donors (Lipinski definition) is 3. The number of amides is 2. The van der Waals surface area contributed by atoms with Gasteiger partial charge in [0.05, 0.1) is 5.56 Å². The zero-order valence-corrected chi connectivity index (χ0v) is 14.3. The number of nitrogens with one attached hydrogen (secondary N) is 2. The van der Waals surface area contributed by atoms with Crippen LogP contribution in [0.3, 0.4) is 0 Å². The van der Waals surface area contributed by atoms with Crippen molar-refractivity contribution >= 4 is 23.8 Å². The van der Waals surface area contributed by atoms with Crippen LogP contribution >= 0.6 is 11.8 Å². The number of thioether (sulfide) groups is 1. The molecule has 6 heteroatoms. The molecule has 0 aliphatic carbocycles. The second-order valence-electron chi connectivity index (χ2n) is 6.16. The van der Waals surface area contributed by atoms with Crippen LogP contribution in [0.4, 0.5) is 4.79 Å². The van der Waals surface area contributed by atoms with Crippen molar-refractivity contribution in [1.82, 2.24) is 10.6 Å². The van der Waals surface area contributed by atoms with Crippen molar-refractivity contribution in [1.29, 1.82) is 0 Å². The van der Waals surface area contributed by atoms with Gasteiger partial charge in [-0.25, -0.2) is 9.59 Å². The SMILES string of the molecule is CSC(CNC(=O)NCc1ccc(C(=O)O)cc1)C(C)(C)C. The predicted molar refractivity (Wildman–Crippen MR) is 90.4 cm³/mol. The van der Waals surface area contributed by atoms with E-state index in [0.29, 0.717) is 18.3 Å². The number of carbonyl (C=O) groups excluding carboxylic acids is 1. The molecule has 3 N–H and O–H groups in total. The maximum Gasteiger partial charge on any atom is 0.335 e. The summed E-state index contributed by atoms with van der Waals surface area (Å²) in [5.41, 5.74) is 1.22. The molecule has 0 spiro atoms. The van der Waals surface area contributed by atoms with E-state index >= 15 is 0 Å². The van der Waals surface area contributed by atoms with E-state index in [0.717, 1.165) is 5.56 Å². The first kappa shape index (κ1) is 18.4. The minimum Gasteiger partial charge on any atom is -0.478 e. The lowest BCUT2D eigenvalue weighted by molar-refractivity contribution is 0.0697. The normalized spacial score (nSPS) is 12.5. The van der Waals surface area contributed by atoms with Crippen LogP contribution in [-0.2, 0) is 6.54 Å². The van der Waals surface area contributed by atoms with Gasteiger partial charge in [-0.1, -0.05) is 32.9 Å². The lowest BCUT2D eigenvalue weighted by Crippen LogP contribution is -2.42. The standard InChI is InChI=1S/C16H24N2O3S/c1-16(2,3)13(22-4)10-18-15(21)17-9-11-5-7-12(8-6-11)14(19)20/h5-8,13H,9-10H2,1-4H3,(H,19,20)(H2,17,18,21). The van der Waals surface area contributed by atoms with Crippen molar-refractivity contribution in [3.8, 4) is 0 Å². The third kappa shape index (κ3) is 5.97. The first-order valence-corrected chi connectivity index (χ1v) is 8.39. The van der Waals surface area contributed by atoms with Crippen LogP contribution in [-0.4, -0.2) is 35.2 Å². The zero-order valence-electron chi connectivity index (χ0n) is 13.5. The van der Waals surface area contributed by atoms with E-state index in [2.05, 4.69) is 31.4 Å². The lowest BCUT2D eigenvalue weighted by atomic mass is 9.92. The summed E-state index contributed by atoms with van der Waals surface area (Å²) in [4.78, 5) is 22.6. The van der Waals surface area contributed by atoms with Crippen LogP contribution < -0.4 is 10.6 Å². The molecule has 22 heavy (non-hydrogen) atoms. The van der Waals surface area contributed by atoms with Crippen molar-refractivity contribution in [2.75, 3.05) is 12.8 Å². The smallest absolute Gasteiger partial charge is 0.335 e. The van der Waals surface area contributed by atoms with Gasteiger partial charge in [-0.3, -0.25) is 0 Å². The van der Waals surface area contributed by atoms with Gasteiger partial charge in [0.1, 0.15) is 0 Å². The maximum absolute atomic E-state index is 11.8. The third-order valence-electron chi connectivity index (χ3n) is 3.35. The van der Waals surface area contributed by atoms with Crippen molar-refractivity contribution in [2.45, 2.75) is 32.6 Å². The fourth-order valence-corrected chi connectivity index (χ4v) is 2.90. The third-order valence-corrected chi connectivity index (χ3v) is 4.80. The van der Waals surface area contributed by atoms with Crippen molar-refractivity contribution in [3.63, 3.8) is 0 Å². The number of rotatable bonds is 6. The molecule has 5 nitrogen and oxygen atoms in total. The Labute approximate surface area is 135 Å². The van der Waals surface area contributed by atoms with Gasteiger partial charge in [0.15, 0.2) is 0 Å². The summed E-state index contributed by atoms with van der Waals surface area (Å²) in [7, 11) is 0. The average molecular weight is 324 g/mol. The Bertz CT molecular complexity index is 509. The van der Waals surface area contributed by atoms with E-state index in [-0.39, 0.29) is 17.0 Å². The van der Waals surface area contributed by atoms with E-state index in [1.165, 1.54) is 12.1 Å². The first-order chi connectivity index (χ1) is 10.2. The van der Waals surface area contributed by atoms with E-state index in [1.54, 1.807) is 23.9 Å². The van der Waals surface area contributed by atoms with Gasteiger partial charge >= 0.3 is 12.0 Å². The molecular formula is C16H24N2O3S. The van der Waals surface area contributed by atoms with E-state index in [9.17, 15) is 9.59 Å². The molecule has 122 valence electrons. The number of benzene rings is 1. The Hall–Kier alpha value is -1.69. The van der Waals surface area contributed by atoms with Gasteiger partial charge in [-0.05, 0) is 29.4 Å². The van der Waals surface area contributed by atoms with Crippen LogP contribution in [0, 0.1) is 5.41 Å². The second-order valence-corrected chi connectivity index (χ2v) is 7.20. The minimum absolute atomic E-state index is 0.124. The van der Waals surface area contributed by atoms with Gasteiger partial charge in [0, 0.05) is 18.3 Å². The number of hydrogen-bond acceptors (Lipinski definition) is 3. The van der Waals surface area contributed by atoms with Crippen LogP contribution in [0.2, 0.25) is 0 Å². The van der Waals surface area contributed by atoms with Gasteiger partial charge in [0.25, 0.3) is 0 Å². The van der Waals surface area contributed by atoms with E-state index in [1.807, 2.05) is 6.26 Å². The zero-order chi connectivity index (χ0) is 16.8. The average Bonchev–Trinajstić information content (AvgIpc) is 2.44. The summed E-state index contributed by atoms with van der Waals surface area (Å²) in [5.74, 6) is -0.956. The van der Waals surface area contributed by atoms with E-state index < -0.39 is 5.97 Å². The van der Waals surface area contributed by atoms with Crippen molar-refractivity contribution in [2.24, 2.45) is 5.41 Å². The highest BCUT2D eigenvalue weighted by Crippen LogP contribution is 2.27. The molecule has 2 amide bonds. The summed E-state index contributed by atoms with van der Waals surface area (Å²) in [6, 6.07) is 6.24. The molecule has 0 aliphatic heterocycles. The molecule has 0 heterocycles. The Morgan fingerprint density at radius 2 is 1.77 bits per heavy atom. The molecule has 0 saturated carbocycles. The van der Waals surface area contributed by atoms with Gasteiger partial charge in [-0.2, -0.15) is 11.8 Å². The van der Waals surface area contributed by atoms with Crippen LogP contribution in [0.15, 0.2) is 24.3 Å². The van der Waals surface area contributed by atoms with Gasteiger partial charge in [-0.15, -0.1) is 0 Å². The molecule has 0 fully saturated rings. The molecule has 1 aromatic rings. The molecule has 1 rings (SSSR count). The Morgan fingerprint density at radius 3 is 2.23 bits per heavy atom. The number of carbonyl (C=O) groups is 2. The molecule has 0 radical (unpaired) electrons. The molecule has 1 aromatic carbocycles. The molecule has 1 unspecified atom stereocenters. The molecule has 0 aromatic heterocycles. The number of urea groups is 1. The minimum atomic E-state index is -0.956. The van der Waals surface area contributed by atoms with E-state index in [4.69, 9.17) is 5.11 Å². The quantitative estimate of drug-likeness (QED) is 0.752. The summed E-state index contributed by atoms with van der Waals surface area (Å²) in [5, 5.41) is 14.8. The Kier molecular flexibility index (Phi) is 6.74. The molecule has 1 atom stereocenters. The summed E-state index contributed by atoms with van der Waals surface area (Å²) in [6.07, 6.45) is 2.04. The van der Waals surface area contributed by atoms with Crippen molar-refractivity contribution < 1.29 is 14.7 Å². The summed E-state index contributed by atoms with van der Waals surface area (Å²) in [6.45, 7) is 7.42. The molecule has 0 bridgehead atoms. The van der Waals surface area contributed by atoms with Gasteiger partial charge in [0.2, 0.25) is 0 Å². The number of carboxylic acid groups (broad SMARTS) is 1. The summed E-state index contributed by atoms with van der Waals surface area (Å²) < 4.78 is 0. The van der Waals surface area contributed by atoms with Crippen LogP contribution in [0.25, 0.3) is 0 Å². The Balaban J connectivity index is 2.41. The fraction of sp³-hybridized carbons (Fsp3) is 0.500. The maximum atomic E-state index is 11.8. The topological polar surface area (TPSA) is 78.4 Å². The highest BCUT2D eigenvalue weighted by molar-refractivity contribution is 7.99. The Morgan fingerprint density at radius 1 is 1.18 bits per heavy atom. The monoisotopic (exact) mass is 324 g/mol. The lowest BCUT2D eigenvalue weighted by Gasteiger charge is -2.29. The highest BCUT2D eigenvalue weighted by Gasteiger charge is 2.23. The van der Waals surface area contributed by atoms with Gasteiger partial charge < -0.3 is 15.7 Å². The number of aromatic carboxylic acids is 1. The van der Waals surface area contributed by atoms with Crippen LogP contribution in [0.5, 0.6) is 0 Å². The first-order valence-electron chi connectivity index (χ1n) is 7.10. The molecule has 0 saturated heterocycles. The highest BCUT2D eigenvalue weighted by atomic mass is 32.2.